The van der Waals surface area contributed by atoms with Gasteiger partial charge < -0.3 is 15.2 Å². The quantitative estimate of drug-likeness (QED) is 0.913. The minimum Gasteiger partial charge on any atom is -0.486 e. The summed E-state index contributed by atoms with van der Waals surface area (Å²) in [5, 5.41) is 4.22. The van der Waals surface area contributed by atoms with Gasteiger partial charge in [-0.25, -0.2) is 0 Å². The monoisotopic (exact) mass is 273 g/mol. The molecule has 106 valence electrons. The topological polar surface area (TPSA) is 62.3 Å². The third kappa shape index (κ3) is 1.99. The minimum atomic E-state index is 0.362. The lowest BCUT2D eigenvalue weighted by Gasteiger charge is -2.22. The molecule has 0 unspecified atom stereocenters. The SMILES string of the molecule is CC(C)c1cc2c(cc1-c1cnn(C)c1N)OCCO2. The molecule has 2 N–H and O–H groups in total. The summed E-state index contributed by atoms with van der Waals surface area (Å²) in [5.74, 6) is 2.61. The molecule has 20 heavy (non-hydrogen) atoms. The Morgan fingerprint density at radius 2 is 1.80 bits per heavy atom. The largest absolute Gasteiger partial charge is 0.486 e. The van der Waals surface area contributed by atoms with Gasteiger partial charge in [-0.2, -0.15) is 5.10 Å². The summed E-state index contributed by atoms with van der Waals surface area (Å²) < 4.78 is 13.0. The second kappa shape index (κ2) is 4.74. The first-order chi connectivity index (χ1) is 9.58. The smallest absolute Gasteiger partial charge is 0.162 e. The molecule has 0 aliphatic carbocycles. The van der Waals surface area contributed by atoms with Crippen LogP contribution in [0.15, 0.2) is 18.3 Å². The van der Waals surface area contributed by atoms with Crippen LogP contribution in [-0.4, -0.2) is 23.0 Å². The zero-order chi connectivity index (χ0) is 14.3. The average molecular weight is 273 g/mol. The fraction of sp³-hybridized carbons (Fsp3) is 0.400. The highest BCUT2D eigenvalue weighted by Gasteiger charge is 2.20. The maximum atomic E-state index is 6.11. The molecule has 3 rings (SSSR count). The van der Waals surface area contributed by atoms with Gasteiger partial charge >= 0.3 is 0 Å². The van der Waals surface area contributed by atoms with E-state index in [0.29, 0.717) is 24.9 Å². The summed E-state index contributed by atoms with van der Waals surface area (Å²) in [5.41, 5.74) is 9.30. The fourth-order valence-electron chi connectivity index (χ4n) is 2.47. The number of benzene rings is 1. The second-order valence-electron chi connectivity index (χ2n) is 5.30. The first kappa shape index (κ1) is 12.8. The van der Waals surface area contributed by atoms with Crippen LogP contribution in [0.2, 0.25) is 0 Å². The van der Waals surface area contributed by atoms with Gasteiger partial charge in [-0.15, -0.1) is 0 Å². The van der Waals surface area contributed by atoms with E-state index >= 15 is 0 Å². The molecule has 1 aliphatic rings. The van der Waals surface area contributed by atoms with Gasteiger partial charge in [0.15, 0.2) is 11.5 Å². The molecule has 0 bridgehead atoms. The summed E-state index contributed by atoms with van der Waals surface area (Å²) in [7, 11) is 1.84. The summed E-state index contributed by atoms with van der Waals surface area (Å²) in [4.78, 5) is 0. The molecule has 5 nitrogen and oxygen atoms in total. The lowest BCUT2D eigenvalue weighted by atomic mass is 9.93. The van der Waals surface area contributed by atoms with Gasteiger partial charge in [-0.05, 0) is 29.2 Å². The van der Waals surface area contributed by atoms with Crippen LogP contribution in [0.5, 0.6) is 11.5 Å². The number of nitrogens with two attached hydrogens (primary N) is 1. The van der Waals surface area contributed by atoms with Crippen molar-refractivity contribution in [3.05, 3.63) is 23.9 Å². The number of rotatable bonds is 2. The number of fused-ring (bicyclic) bond motifs is 1. The number of anilines is 1. The Morgan fingerprint density at radius 1 is 1.15 bits per heavy atom. The first-order valence-electron chi connectivity index (χ1n) is 6.79. The third-order valence-electron chi connectivity index (χ3n) is 3.61. The molecule has 1 aromatic carbocycles. The van der Waals surface area contributed by atoms with E-state index in [0.717, 1.165) is 22.6 Å². The molecule has 2 heterocycles. The first-order valence-corrected chi connectivity index (χ1v) is 6.79. The zero-order valence-corrected chi connectivity index (χ0v) is 12.0. The maximum absolute atomic E-state index is 6.11. The summed E-state index contributed by atoms with van der Waals surface area (Å²) in [6.45, 7) is 5.48. The van der Waals surface area contributed by atoms with Gasteiger partial charge in [-0.3, -0.25) is 4.68 Å². The summed E-state index contributed by atoms with van der Waals surface area (Å²) in [6.07, 6.45) is 1.80. The molecule has 0 saturated heterocycles. The highest BCUT2D eigenvalue weighted by Crippen LogP contribution is 2.41. The van der Waals surface area contributed by atoms with Crippen LogP contribution in [0.3, 0.4) is 0 Å². The Bertz CT molecular complexity index is 647. The van der Waals surface area contributed by atoms with Crippen molar-refractivity contribution in [1.29, 1.82) is 0 Å². The second-order valence-corrected chi connectivity index (χ2v) is 5.30. The zero-order valence-electron chi connectivity index (χ0n) is 12.0. The van der Waals surface area contributed by atoms with Crippen LogP contribution in [0.4, 0.5) is 5.82 Å². The van der Waals surface area contributed by atoms with Crippen molar-refractivity contribution in [2.45, 2.75) is 19.8 Å². The normalized spacial score (nSPS) is 13.8. The van der Waals surface area contributed by atoms with Crippen LogP contribution < -0.4 is 15.2 Å². The Kier molecular flexibility index (Phi) is 3.04. The van der Waals surface area contributed by atoms with E-state index in [1.807, 2.05) is 13.1 Å². The highest BCUT2D eigenvalue weighted by molar-refractivity contribution is 5.79. The van der Waals surface area contributed by atoms with Crippen LogP contribution in [-0.2, 0) is 7.05 Å². The van der Waals surface area contributed by atoms with E-state index in [4.69, 9.17) is 15.2 Å². The number of hydrogen-bond donors (Lipinski definition) is 1. The molecule has 0 fully saturated rings. The maximum Gasteiger partial charge on any atom is 0.162 e. The Hall–Kier alpha value is -2.17. The molecule has 1 aliphatic heterocycles. The standard InChI is InChI=1S/C15H19N3O2/c1-9(2)10-6-13-14(20-5-4-19-13)7-11(10)12-8-17-18(3)15(12)16/h6-9H,4-5,16H2,1-3H3. The van der Waals surface area contributed by atoms with Gasteiger partial charge in [0.2, 0.25) is 0 Å². The number of ether oxygens (including phenoxy) is 2. The van der Waals surface area contributed by atoms with Crippen LogP contribution in [0.1, 0.15) is 25.3 Å². The Balaban J connectivity index is 2.20. The van der Waals surface area contributed by atoms with Crippen LogP contribution in [0.25, 0.3) is 11.1 Å². The molecule has 0 radical (unpaired) electrons. The van der Waals surface area contributed by atoms with Crippen molar-refractivity contribution in [2.24, 2.45) is 7.05 Å². The van der Waals surface area contributed by atoms with Crippen LogP contribution in [0, 0.1) is 0 Å². The number of hydrogen-bond acceptors (Lipinski definition) is 4. The van der Waals surface area contributed by atoms with Crippen molar-refractivity contribution in [3.63, 3.8) is 0 Å². The van der Waals surface area contributed by atoms with Gasteiger partial charge in [0, 0.05) is 12.6 Å². The van der Waals surface area contributed by atoms with Gasteiger partial charge in [-0.1, -0.05) is 13.8 Å². The molecule has 0 spiro atoms. The number of nitrogens with zero attached hydrogens (tertiary/aromatic N) is 2. The molecule has 1 aromatic heterocycles. The van der Waals surface area contributed by atoms with Crippen molar-refractivity contribution >= 4 is 5.82 Å². The molecule has 5 heteroatoms. The van der Waals surface area contributed by atoms with E-state index in [1.54, 1.807) is 10.9 Å². The molecule has 2 aromatic rings. The Morgan fingerprint density at radius 3 is 2.35 bits per heavy atom. The molecule has 0 saturated carbocycles. The number of aromatic nitrogens is 2. The third-order valence-corrected chi connectivity index (χ3v) is 3.61. The highest BCUT2D eigenvalue weighted by atomic mass is 16.6. The van der Waals surface area contributed by atoms with Crippen molar-refractivity contribution in [3.8, 4) is 22.6 Å². The van der Waals surface area contributed by atoms with Crippen molar-refractivity contribution in [2.75, 3.05) is 18.9 Å². The molecular formula is C15H19N3O2. The van der Waals surface area contributed by atoms with Crippen molar-refractivity contribution in [1.82, 2.24) is 9.78 Å². The summed E-state index contributed by atoms with van der Waals surface area (Å²) in [6, 6.07) is 4.07. The Labute approximate surface area is 118 Å². The summed E-state index contributed by atoms with van der Waals surface area (Å²) >= 11 is 0. The minimum absolute atomic E-state index is 0.362. The fourth-order valence-corrected chi connectivity index (χ4v) is 2.47. The average Bonchev–Trinajstić information content (AvgIpc) is 2.77. The predicted octanol–water partition coefficient (Wildman–Crippen LogP) is 2.56. The molecule has 0 atom stereocenters. The lowest BCUT2D eigenvalue weighted by Crippen LogP contribution is -2.16. The van der Waals surface area contributed by atoms with E-state index < -0.39 is 0 Å². The van der Waals surface area contributed by atoms with E-state index in [9.17, 15) is 0 Å². The molecular weight excluding hydrogens is 254 g/mol. The van der Waals surface area contributed by atoms with Crippen LogP contribution >= 0.6 is 0 Å². The van der Waals surface area contributed by atoms with E-state index in [1.165, 1.54) is 5.56 Å². The predicted molar refractivity (Wildman–Crippen MR) is 78.1 cm³/mol. The van der Waals surface area contributed by atoms with E-state index in [-0.39, 0.29) is 0 Å². The van der Waals surface area contributed by atoms with Gasteiger partial charge in [0.1, 0.15) is 19.0 Å². The van der Waals surface area contributed by atoms with E-state index in [2.05, 4.69) is 25.0 Å². The molecule has 0 amide bonds. The van der Waals surface area contributed by atoms with Crippen molar-refractivity contribution < 1.29 is 9.47 Å². The van der Waals surface area contributed by atoms with Gasteiger partial charge in [0.25, 0.3) is 0 Å². The number of aryl methyl sites for hydroxylation is 1. The lowest BCUT2D eigenvalue weighted by molar-refractivity contribution is 0.171. The number of nitrogen functional groups attached to an aromatic ring is 1. The van der Waals surface area contributed by atoms with Gasteiger partial charge in [0.05, 0.1) is 6.20 Å².